The van der Waals surface area contributed by atoms with Gasteiger partial charge < -0.3 is 4.74 Å². The Labute approximate surface area is 164 Å². The van der Waals surface area contributed by atoms with Crippen molar-refractivity contribution in [3.63, 3.8) is 0 Å². The van der Waals surface area contributed by atoms with Crippen molar-refractivity contribution in [3.8, 4) is 5.75 Å². The fourth-order valence-electron chi connectivity index (χ4n) is 2.05. The average Bonchev–Trinajstić information content (AvgIpc) is 3.29. The smallest absolute Gasteiger partial charge is 0.276 e. The number of carbonyl (C=O) groups is 1. The number of nitrogens with zero attached hydrogens (tertiary/aromatic N) is 3. The fraction of sp³-hybridized carbons (Fsp3) is 0.294. The van der Waals surface area contributed by atoms with E-state index in [9.17, 15) is 4.79 Å². The molecule has 0 unspecified atom stereocenters. The summed E-state index contributed by atoms with van der Waals surface area (Å²) in [7, 11) is 0. The monoisotopic (exact) mass is 408 g/mol. The van der Waals surface area contributed by atoms with E-state index in [1.807, 2.05) is 0 Å². The molecule has 9 heteroatoms. The molecule has 0 aliphatic rings. The van der Waals surface area contributed by atoms with Crippen molar-refractivity contribution in [2.24, 2.45) is 0 Å². The standard InChI is InChI=1S/C17H17ClN4O2S2/c1-2-3-4-14-21-22-17(26-14)20-16(23)13-10-25-15(19-13)9-24-12-7-5-11(18)6-8-12/h5-8,10H,2-4,9H2,1H3,(H,20,22,23). The normalized spacial score (nSPS) is 10.7. The molecule has 0 spiro atoms. The van der Waals surface area contributed by atoms with Gasteiger partial charge in [0.05, 0.1) is 0 Å². The van der Waals surface area contributed by atoms with Gasteiger partial charge in [-0.1, -0.05) is 36.3 Å². The van der Waals surface area contributed by atoms with Crippen molar-refractivity contribution in [3.05, 3.63) is 50.4 Å². The van der Waals surface area contributed by atoms with E-state index < -0.39 is 0 Å². The van der Waals surface area contributed by atoms with Crippen LogP contribution >= 0.6 is 34.3 Å². The SMILES string of the molecule is CCCCc1nnc(NC(=O)c2csc(COc3ccc(Cl)cc3)n2)s1. The number of ether oxygens (including phenoxy) is 1. The quantitative estimate of drug-likeness (QED) is 0.578. The molecular formula is C17H17ClN4O2S2. The number of hydrogen-bond donors (Lipinski definition) is 1. The van der Waals surface area contributed by atoms with Crippen LogP contribution in [0, 0.1) is 0 Å². The molecule has 2 heterocycles. The number of halogens is 1. The number of aryl methyl sites for hydroxylation is 1. The predicted molar refractivity (Wildman–Crippen MR) is 104 cm³/mol. The van der Waals surface area contributed by atoms with Gasteiger partial charge >= 0.3 is 0 Å². The van der Waals surface area contributed by atoms with E-state index in [1.165, 1.54) is 22.7 Å². The summed E-state index contributed by atoms with van der Waals surface area (Å²) in [6, 6.07) is 7.09. The summed E-state index contributed by atoms with van der Waals surface area (Å²) in [5.41, 5.74) is 0.343. The summed E-state index contributed by atoms with van der Waals surface area (Å²) in [5, 5.41) is 15.3. The van der Waals surface area contributed by atoms with Gasteiger partial charge in [-0.15, -0.1) is 21.5 Å². The van der Waals surface area contributed by atoms with E-state index in [1.54, 1.807) is 29.6 Å². The van der Waals surface area contributed by atoms with Gasteiger partial charge in [-0.3, -0.25) is 10.1 Å². The van der Waals surface area contributed by atoms with Crippen molar-refractivity contribution < 1.29 is 9.53 Å². The molecule has 0 aliphatic heterocycles. The van der Waals surface area contributed by atoms with Crippen LogP contribution < -0.4 is 10.1 Å². The van der Waals surface area contributed by atoms with Crippen LogP contribution in [0.2, 0.25) is 5.02 Å². The number of hydrogen-bond acceptors (Lipinski definition) is 7. The highest BCUT2D eigenvalue weighted by Crippen LogP contribution is 2.20. The second kappa shape index (κ2) is 9.07. The number of rotatable bonds is 8. The molecule has 0 radical (unpaired) electrons. The molecule has 0 atom stereocenters. The van der Waals surface area contributed by atoms with Gasteiger partial charge in [0.2, 0.25) is 5.13 Å². The minimum absolute atomic E-state index is 0.291. The number of benzene rings is 1. The van der Waals surface area contributed by atoms with Crippen molar-refractivity contribution in [2.75, 3.05) is 5.32 Å². The predicted octanol–water partition coefficient (Wildman–Crippen LogP) is 4.82. The maximum Gasteiger partial charge on any atom is 0.276 e. The first-order valence-corrected chi connectivity index (χ1v) is 10.2. The highest BCUT2D eigenvalue weighted by atomic mass is 35.5. The molecule has 0 saturated heterocycles. The van der Waals surface area contributed by atoms with Crippen LogP contribution in [0.3, 0.4) is 0 Å². The number of anilines is 1. The van der Waals surface area contributed by atoms with Crippen LogP contribution in [0.15, 0.2) is 29.6 Å². The number of thiazole rings is 1. The lowest BCUT2D eigenvalue weighted by Crippen LogP contribution is -2.12. The number of amides is 1. The topological polar surface area (TPSA) is 77.0 Å². The van der Waals surface area contributed by atoms with Gasteiger partial charge in [0.15, 0.2) is 0 Å². The second-order valence-electron chi connectivity index (χ2n) is 5.43. The number of unbranched alkanes of at least 4 members (excludes halogenated alkanes) is 1. The summed E-state index contributed by atoms with van der Waals surface area (Å²) >= 11 is 8.61. The van der Waals surface area contributed by atoms with E-state index in [4.69, 9.17) is 16.3 Å². The summed E-state index contributed by atoms with van der Waals surface area (Å²) in [6.45, 7) is 2.42. The van der Waals surface area contributed by atoms with Crippen LogP contribution in [-0.2, 0) is 13.0 Å². The first kappa shape index (κ1) is 18.8. The van der Waals surface area contributed by atoms with Crippen molar-refractivity contribution >= 4 is 45.3 Å². The van der Waals surface area contributed by atoms with E-state index in [0.717, 1.165) is 24.3 Å². The minimum atomic E-state index is -0.294. The Kier molecular flexibility index (Phi) is 6.54. The Bertz CT molecular complexity index is 864. The highest BCUT2D eigenvalue weighted by molar-refractivity contribution is 7.15. The molecule has 26 heavy (non-hydrogen) atoms. The van der Waals surface area contributed by atoms with Gasteiger partial charge in [-0.25, -0.2) is 4.98 Å². The average molecular weight is 409 g/mol. The molecule has 3 rings (SSSR count). The lowest BCUT2D eigenvalue weighted by atomic mass is 10.3. The lowest BCUT2D eigenvalue weighted by Gasteiger charge is -2.03. The third-order valence-corrected chi connectivity index (χ3v) is 5.36. The zero-order valence-corrected chi connectivity index (χ0v) is 16.5. The molecule has 0 saturated carbocycles. The lowest BCUT2D eigenvalue weighted by molar-refractivity contribution is 0.102. The molecular weight excluding hydrogens is 392 g/mol. The first-order chi connectivity index (χ1) is 12.6. The summed E-state index contributed by atoms with van der Waals surface area (Å²) in [5.74, 6) is 0.404. The van der Waals surface area contributed by atoms with Gasteiger partial charge in [0.1, 0.15) is 28.1 Å². The Hall–Kier alpha value is -2.03. The van der Waals surface area contributed by atoms with Gasteiger partial charge in [-0.2, -0.15) is 0 Å². The van der Waals surface area contributed by atoms with E-state index >= 15 is 0 Å². The molecule has 136 valence electrons. The molecule has 0 fully saturated rings. The Morgan fingerprint density at radius 2 is 2.04 bits per heavy atom. The van der Waals surface area contributed by atoms with E-state index in [-0.39, 0.29) is 5.91 Å². The highest BCUT2D eigenvalue weighted by Gasteiger charge is 2.14. The second-order valence-corrected chi connectivity index (χ2v) is 7.87. The van der Waals surface area contributed by atoms with Gasteiger partial charge in [0, 0.05) is 16.8 Å². The van der Waals surface area contributed by atoms with Gasteiger partial charge in [0.25, 0.3) is 5.91 Å². The third-order valence-electron chi connectivity index (χ3n) is 3.39. The number of aromatic nitrogens is 3. The van der Waals surface area contributed by atoms with Crippen molar-refractivity contribution in [1.29, 1.82) is 0 Å². The molecule has 6 nitrogen and oxygen atoms in total. The number of carbonyl (C=O) groups excluding carboxylic acids is 1. The first-order valence-electron chi connectivity index (χ1n) is 8.10. The summed E-state index contributed by atoms with van der Waals surface area (Å²) in [6.07, 6.45) is 3.04. The molecule has 1 N–H and O–H groups in total. The molecule has 2 aromatic heterocycles. The van der Waals surface area contributed by atoms with Crippen LogP contribution in [0.5, 0.6) is 5.75 Å². The van der Waals surface area contributed by atoms with Crippen LogP contribution in [0.25, 0.3) is 0 Å². The fourth-order valence-corrected chi connectivity index (χ4v) is 3.64. The van der Waals surface area contributed by atoms with Gasteiger partial charge in [-0.05, 0) is 30.7 Å². The number of nitrogens with one attached hydrogen (secondary N) is 1. The maximum atomic E-state index is 12.3. The molecule has 0 bridgehead atoms. The molecule has 3 aromatic rings. The Morgan fingerprint density at radius 1 is 1.23 bits per heavy atom. The van der Waals surface area contributed by atoms with E-state index in [0.29, 0.717) is 33.2 Å². The zero-order valence-electron chi connectivity index (χ0n) is 14.1. The maximum absolute atomic E-state index is 12.3. The zero-order chi connectivity index (χ0) is 18.4. The molecule has 1 amide bonds. The summed E-state index contributed by atoms with van der Waals surface area (Å²) < 4.78 is 5.64. The summed E-state index contributed by atoms with van der Waals surface area (Å²) in [4.78, 5) is 16.6. The van der Waals surface area contributed by atoms with Crippen molar-refractivity contribution in [2.45, 2.75) is 32.8 Å². The molecule has 0 aliphatic carbocycles. The molecule has 1 aromatic carbocycles. The van der Waals surface area contributed by atoms with Crippen molar-refractivity contribution in [1.82, 2.24) is 15.2 Å². The van der Waals surface area contributed by atoms with Crippen LogP contribution in [-0.4, -0.2) is 21.1 Å². The third kappa shape index (κ3) is 5.23. The van der Waals surface area contributed by atoms with E-state index in [2.05, 4.69) is 27.4 Å². The Morgan fingerprint density at radius 3 is 2.81 bits per heavy atom. The largest absolute Gasteiger partial charge is 0.486 e. The minimum Gasteiger partial charge on any atom is -0.486 e. The van der Waals surface area contributed by atoms with Crippen LogP contribution in [0.4, 0.5) is 5.13 Å². The Balaban J connectivity index is 1.54. The van der Waals surface area contributed by atoms with Crippen LogP contribution in [0.1, 0.15) is 40.3 Å².